The molecule has 0 atom stereocenters. The summed E-state index contributed by atoms with van der Waals surface area (Å²) in [7, 11) is 0. The van der Waals surface area contributed by atoms with Gasteiger partial charge in [0.05, 0.1) is 3.57 Å². The van der Waals surface area contributed by atoms with Crippen LogP contribution >= 0.6 is 22.6 Å². The van der Waals surface area contributed by atoms with E-state index in [9.17, 15) is 10.2 Å². The van der Waals surface area contributed by atoms with Crippen molar-refractivity contribution in [2.75, 3.05) is 0 Å². The Morgan fingerprint density at radius 3 is 1.96 bits per heavy atom. The van der Waals surface area contributed by atoms with Crippen molar-refractivity contribution in [3.8, 4) is 22.6 Å². The minimum absolute atomic E-state index is 0.263. The number of rotatable bonds is 4. The topological polar surface area (TPSA) is 40.5 Å². The highest BCUT2D eigenvalue weighted by molar-refractivity contribution is 14.1. The van der Waals surface area contributed by atoms with Gasteiger partial charge in [0.15, 0.2) is 0 Å². The maximum absolute atomic E-state index is 10.9. The van der Waals surface area contributed by atoms with E-state index in [0.717, 1.165) is 61.8 Å². The van der Waals surface area contributed by atoms with E-state index in [2.05, 4.69) is 42.5 Å². The molecule has 0 saturated carbocycles. The normalized spacial score (nSPS) is 11.0. The summed E-state index contributed by atoms with van der Waals surface area (Å²) < 4.78 is 0.816. The number of aryl methyl sites for hydroxylation is 3. The second-order valence-electron chi connectivity index (χ2n) is 6.33. The van der Waals surface area contributed by atoms with Crippen LogP contribution in [0.4, 0.5) is 0 Å². The Hall–Kier alpha value is -1.23. The standard InChI is InChI=1S/C20H25IO2/c1-6-7-8-15-9-11(2)13(4)17(19(15)22)18-14(5)12(3)10-16(21)20(18)23/h9-10,22-23H,6-8H2,1-5H3. The maximum Gasteiger partial charge on any atom is 0.137 e. The molecule has 0 unspecified atom stereocenters. The van der Waals surface area contributed by atoms with E-state index in [-0.39, 0.29) is 5.75 Å². The average molecular weight is 424 g/mol. The van der Waals surface area contributed by atoms with Crippen LogP contribution in [0.3, 0.4) is 0 Å². The summed E-state index contributed by atoms with van der Waals surface area (Å²) in [4.78, 5) is 0. The second kappa shape index (κ2) is 7.12. The number of benzene rings is 2. The molecule has 2 N–H and O–H groups in total. The number of phenolic OH excluding ortho intramolecular Hbond substituents is 2. The van der Waals surface area contributed by atoms with Gasteiger partial charge in [0.2, 0.25) is 0 Å². The number of aromatic hydroxyl groups is 2. The Balaban J connectivity index is 2.81. The van der Waals surface area contributed by atoms with Gasteiger partial charge >= 0.3 is 0 Å². The van der Waals surface area contributed by atoms with Crippen LogP contribution in [-0.4, -0.2) is 10.2 Å². The van der Waals surface area contributed by atoms with Gasteiger partial charge in [-0.25, -0.2) is 0 Å². The van der Waals surface area contributed by atoms with Crippen molar-refractivity contribution in [1.29, 1.82) is 0 Å². The second-order valence-corrected chi connectivity index (χ2v) is 7.49. The first-order chi connectivity index (χ1) is 10.8. The fraction of sp³-hybridized carbons (Fsp3) is 0.400. The Kier molecular flexibility index (Phi) is 5.61. The Bertz CT molecular complexity index is 722. The van der Waals surface area contributed by atoms with Gasteiger partial charge in [0.1, 0.15) is 11.5 Å². The lowest BCUT2D eigenvalue weighted by Gasteiger charge is -2.20. The van der Waals surface area contributed by atoms with Crippen molar-refractivity contribution >= 4 is 22.6 Å². The minimum Gasteiger partial charge on any atom is -0.507 e. The van der Waals surface area contributed by atoms with Gasteiger partial charge in [0, 0.05) is 11.1 Å². The van der Waals surface area contributed by atoms with Crippen LogP contribution in [-0.2, 0) is 6.42 Å². The summed E-state index contributed by atoms with van der Waals surface area (Å²) in [5.41, 5.74) is 6.85. The molecular weight excluding hydrogens is 399 g/mol. The summed E-state index contributed by atoms with van der Waals surface area (Å²) in [5, 5.41) is 21.5. The molecule has 3 heteroatoms. The zero-order valence-corrected chi connectivity index (χ0v) is 16.7. The van der Waals surface area contributed by atoms with Crippen LogP contribution in [0, 0.1) is 31.3 Å². The summed E-state index contributed by atoms with van der Waals surface area (Å²) >= 11 is 2.15. The summed E-state index contributed by atoms with van der Waals surface area (Å²) in [6, 6.07) is 4.06. The first-order valence-corrected chi connectivity index (χ1v) is 9.18. The molecule has 0 heterocycles. The molecular formula is C20H25IO2. The van der Waals surface area contributed by atoms with Crippen molar-refractivity contribution in [2.24, 2.45) is 0 Å². The third kappa shape index (κ3) is 3.35. The SMILES string of the molecule is CCCCc1cc(C)c(C)c(-c2c(C)c(C)cc(I)c2O)c1O. The van der Waals surface area contributed by atoms with Crippen molar-refractivity contribution < 1.29 is 10.2 Å². The zero-order chi connectivity index (χ0) is 17.3. The molecule has 124 valence electrons. The molecule has 0 fully saturated rings. The Labute approximate surface area is 152 Å². The van der Waals surface area contributed by atoms with E-state index >= 15 is 0 Å². The quantitative estimate of drug-likeness (QED) is 0.596. The van der Waals surface area contributed by atoms with Crippen LogP contribution < -0.4 is 0 Å². The van der Waals surface area contributed by atoms with Gasteiger partial charge in [0.25, 0.3) is 0 Å². The van der Waals surface area contributed by atoms with Crippen LogP contribution in [0.5, 0.6) is 11.5 Å². The number of hydrogen-bond donors (Lipinski definition) is 2. The molecule has 0 amide bonds. The number of halogens is 1. The molecule has 0 radical (unpaired) electrons. The van der Waals surface area contributed by atoms with Gasteiger partial charge in [-0.2, -0.15) is 0 Å². The van der Waals surface area contributed by atoms with Crippen LogP contribution in [0.1, 0.15) is 47.6 Å². The van der Waals surface area contributed by atoms with Crippen LogP contribution in [0.25, 0.3) is 11.1 Å². The minimum atomic E-state index is 0.263. The first kappa shape index (κ1) is 18.1. The van der Waals surface area contributed by atoms with Crippen molar-refractivity contribution in [3.05, 3.63) is 43.5 Å². The molecule has 0 aromatic heterocycles. The highest BCUT2D eigenvalue weighted by Crippen LogP contribution is 2.45. The molecule has 2 rings (SSSR count). The van der Waals surface area contributed by atoms with Crippen molar-refractivity contribution in [2.45, 2.75) is 53.9 Å². The predicted octanol–water partition coefficient (Wildman–Crippen LogP) is 5.95. The maximum atomic E-state index is 10.9. The van der Waals surface area contributed by atoms with E-state index in [0.29, 0.717) is 5.75 Å². The lowest BCUT2D eigenvalue weighted by Crippen LogP contribution is -1.99. The van der Waals surface area contributed by atoms with E-state index in [1.54, 1.807) is 0 Å². The first-order valence-electron chi connectivity index (χ1n) is 8.10. The molecule has 0 aliphatic heterocycles. The van der Waals surface area contributed by atoms with E-state index < -0.39 is 0 Å². The van der Waals surface area contributed by atoms with Gasteiger partial charge in [-0.15, -0.1) is 0 Å². The van der Waals surface area contributed by atoms with Crippen LogP contribution in [0.15, 0.2) is 12.1 Å². The highest BCUT2D eigenvalue weighted by Gasteiger charge is 2.21. The van der Waals surface area contributed by atoms with Gasteiger partial charge in [-0.3, -0.25) is 0 Å². The molecule has 0 aliphatic rings. The largest absolute Gasteiger partial charge is 0.507 e. The summed E-state index contributed by atoms with van der Waals surface area (Å²) in [6.07, 6.45) is 3.00. The van der Waals surface area contributed by atoms with Gasteiger partial charge < -0.3 is 10.2 Å². The number of phenols is 2. The Morgan fingerprint density at radius 1 is 0.870 bits per heavy atom. The summed E-state index contributed by atoms with van der Waals surface area (Å²) in [6.45, 7) is 10.3. The predicted molar refractivity (Wildman–Crippen MR) is 105 cm³/mol. The van der Waals surface area contributed by atoms with Crippen molar-refractivity contribution in [1.82, 2.24) is 0 Å². The molecule has 2 nitrogen and oxygen atoms in total. The monoisotopic (exact) mass is 424 g/mol. The lowest BCUT2D eigenvalue weighted by atomic mass is 9.87. The highest BCUT2D eigenvalue weighted by atomic mass is 127. The zero-order valence-electron chi connectivity index (χ0n) is 14.5. The average Bonchev–Trinajstić information content (AvgIpc) is 2.51. The third-order valence-corrected chi connectivity index (χ3v) is 5.54. The van der Waals surface area contributed by atoms with E-state index in [1.807, 2.05) is 26.8 Å². The van der Waals surface area contributed by atoms with E-state index in [1.165, 1.54) is 0 Å². The lowest BCUT2D eigenvalue weighted by molar-refractivity contribution is 0.461. The molecule has 0 saturated heterocycles. The fourth-order valence-corrected chi connectivity index (χ4v) is 3.74. The fourth-order valence-electron chi connectivity index (χ4n) is 3.00. The van der Waals surface area contributed by atoms with Crippen LogP contribution in [0.2, 0.25) is 0 Å². The third-order valence-electron chi connectivity index (χ3n) is 4.72. The Morgan fingerprint density at radius 2 is 1.39 bits per heavy atom. The smallest absolute Gasteiger partial charge is 0.137 e. The molecule has 2 aromatic carbocycles. The number of hydrogen-bond acceptors (Lipinski definition) is 2. The van der Waals surface area contributed by atoms with Crippen molar-refractivity contribution in [3.63, 3.8) is 0 Å². The van der Waals surface area contributed by atoms with E-state index in [4.69, 9.17) is 0 Å². The molecule has 0 spiro atoms. The molecule has 2 aromatic rings. The van der Waals surface area contributed by atoms with Gasteiger partial charge in [-0.1, -0.05) is 19.4 Å². The molecule has 0 aliphatic carbocycles. The number of unbranched alkanes of at least 4 members (excludes halogenated alkanes) is 1. The van der Waals surface area contributed by atoms with Gasteiger partial charge in [-0.05, 0) is 97.0 Å². The molecule has 0 bridgehead atoms. The summed E-state index contributed by atoms with van der Waals surface area (Å²) in [5.74, 6) is 0.584. The molecule has 23 heavy (non-hydrogen) atoms.